The Labute approximate surface area is 97.8 Å². The van der Waals surface area contributed by atoms with E-state index >= 15 is 0 Å². The summed E-state index contributed by atoms with van der Waals surface area (Å²) in [7, 11) is 0. The lowest BCUT2D eigenvalue weighted by molar-refractivity contribution is -0.117. The van der Waals surface area contributed by atoms with Crippen LogP contribution in [0.3, 0.4) is 0 Å². The van der Waals surface area contributed by atoms with E-state index in [1.807, 2.05) is 12.1 Å². The first kappa shape index (κ1) is 11.0. The molecule has 1 aromatic carbocycles. The first-order chi connectivity index (χ1) is 8.22. The molecule has 0 aliphatic rings. The summed E-state index contributed by atoms with van der Waals surface area (Å²) in [5.41, 5.74) is 7.12. The van der Waals surface area contributed by atoms with Crippen LogP contribution in [0.1, 0.15) is 22.3 Å². The SMILES string of the molecule is NC(=O)CC#Cc1cccc2[nH]cc(C=O)c12. The number of H-pyrrole nitrogens is 1. The van der Waals surface area contributed by atoms with Crippen LogP contribution in [-0.4, -0.2) is 17.2 Å². The molecule has 0 radical (unpaired) electrons. The fourth-order valence-corrected chi connectivity index (χ4v) is 1.63. The van der Waals surface area contributed by atoms with Crippen molar-refractivity contribution in [3.63, 3.8) is 0 Å². The Morgan fingerprint density at radius 3 is 3.00 bits per heavy atom. The Bertz CT molecular complexity index is 644. The van der Waals surface area contributed by atoms with E-state index in [1.165, 1.54) is 0 Å². The number of primary amides is 1. The van der Waals surface area contributed by atoms with Crippen LogP contribution in [0.4, 0.5) is 0 Å². The molecule has 84 valence electrons. The maximum absolute atomic E-state index is 10.9. The van der Waals surface area contributed by atoms with E-state index in [2.05, 4.69) is 16.8 Å². The van der Waals surface area contributed by atoms with Crippen molar-refractivity contribution in [1.82, 2.24) is 4.98 Å². The molecular weight excluding hydrogens is 216 g/mol. The standard InChI is InChI=1S/C13H10N2O2/c14-12(17)6-2-4-9-3-1-5-11-13(9)10(8-16)7-15-11/h1,3,5,7-8,15H,6H2,(H2,14,17). The number of carbonyl (C=O) groups excluding carboxylic acids is 2. The van der Waals surface area contributed by atoms with Crippen molar-refractivity contribution in [3.05, 3.63) is 35.5 Å². The highest BCUT2D eigenvalue weighted by Gasteiger charge is 2.05. The van der Waals surface area contributed by atoms with Crippen molar-refractivity contribution < 1.29 is 9.59 Å². The third kappa shape index (κ3) is 2.18. The average molecular weight is 226 g/mol. The molecule has 1 amide bonds. The molecule has 2 rings (SSSR count). The summed E-state index contributed by atoms with van der Waals surface area (Å²) in [6.45, 7) is 0. The molecular formula is C13H10N2O2. The number of aromatic nitrogens is 1. The zero-order valence-corrected chi connectivity index (χ0v) is 8.99. The minimum absolute atomic E-state index is 0.0111. The normalized spacial score (nSPS) is 9.65. The van der Waals surface area contributed by atoms with Crippen LogP contribution in [0, 0.1) is 11.8 Å². The smallest absolute Gasteiger partial charge is 0.229 e. The number of hydrogen-bond donors (Lipinski definition) is 2. The molecule has 17 heavy (non-hydrogen) atoms. The van der Waals surface area contributed by atoms with Gasteiger partial charge in [0, 0.05) is 28.2 Å². The van der Waals surface area contributed by atoms with Crippen molar-refractivity contribution in [1.29, 1.82) is 0 Å². The highest BCUT2D eigenvalue weighted by molar-refractivity contribution is 6.00. The third-order valence-electron chi connectivity index (χ3n) is 2.35. The minimum Gasteiger partial charge on any atom is -0.369 e. The maximum Gasteiger partial charge on any atom is 0.229 e. The third-order valence-corrected chi connectivity index (χ3v) is 2.35. The molecule has 0 saturated carbocycles. The van der Waals surface area contributed by atoms with Crippen molar-refractivity contribution in [3.8, 4) is 11.8 Å². The van der Waals surface area contributed by atoms with Crippen LogP contribution in [0.25, 0.3) is 10.9 Å². The fourth-order valence-electron chi connectivity index (χ4n) is 1.63. The Hall–Kier alpha value is -2.54. The van der Waals surface area contributed by atoms with Gasteiger partial charge in [0.25, 0.3) is 0 Å². The van der Waals surface area contributed by atoms with Gasteiger partial charge in [0.1, 0.15) is 0 Å². The molecule has 0 bridgehead atoms. The van der Waals surface area contributed by atoms with Gasteiger partial charge in [0.05, 0.1) is 6.42 Å². The van der Waals surface area contributed by atoms with E-state index < -0.39 is 5.91 Å². The van der Waals surface area contributed by atoms with Crippen molar-refractivity contribution in [2.24, 2.45) is 5.73 Å². The van der Waals surface area contributed by atoms with Gasteiger partial charge in [-0.2, -0.15) is 0 Å². The number of carbonyl (C=O) groups is 2. The summed E-state index contributed by atoms with van der Waals surface area (Å²) in [5.74, 6) is 5.07. The Morgan fingerprint density at radius 2 is 2.29 bits per heavy atom. The Morgan fingerprint density at radius 1 is 1.47 bits per heavy atom. The van der Waals surface area contributed by atoms with Gasteiger partial charge in [-0.25, -0.2) is 0 Å². The lowest BCUT2D eigenvalue weighted by Gasteiger charge is -1.95. The van der Waals surface area contributed by atoms with Crippen LogP contribution >= 0.6 is 0 Å². The zero-order valence-electron chi connectivity index (χ0n) is 8.99. The average Bonchev–Trinajstić information content (AvgIpc) is 2.72. The number of benzene rings is 1. The van der Waals surface area contributed by atoms with Gasteiger partial charge < -0.3 is 10.7 Å². The first-order valence-electron chi connectivity index (χ1n) is 5.05. The van der Waals surface area contributed by atoms with Gasteiger partial charge in [-0.3, -0.25) is 9.59 Å². The molecule has 3 N–H and O–H groups in total. The number of rotatable bonds is 2. The topological polar surface area (TPSA) is 76.0 Å². The maximum atomic E-state index is 10.9. The molecule has 4 heteroatoms. The predicted octanol–water partition coefficient (Wildman–Crippen LogP) is 1.21. The number of aromatic amines is 1. The van der Waals surface area contributed by atoms with E-state index in [-0.39, 0.29) is 6.42 Å². The zero-order chi connectivity index (χ0) is 12.3. The van der Waals surface area contributed by atoms with Crippen molar-refractivity contribution >= 4 is 23.1 Å². The van der Waals surface area contributed by atoms with Gasteiger partial charge in [0.2, 0.25) is 5.91 Å². The van der Waals surface area contributed by atoms with Gasteiger partial charge in [-0.15, -0.1) is 0 Å². The molecule has 0 fully saturated rings. The number of fused-ring (bicyclic) bond motifs is 1. The summed E-state index contributed by atoms with van der Waals surface area (Å²) in [6, 6.07) is 5.50. The summed E-state index contributed by atoms with van der Waals surface area (Å²) in [5, 5.41) is 0.777. The van der Waals surface area contributed by atoms with E-state index in [1.54, 1.807) is 12.3 Å². The first-order valence-corrected chi connectivity index (χ1v) is 5.05. The minimum atomic E-state index is -0.464. The van der Waals surface area contributed by atoms with Crippen LogP contribution in [-0.2, 0) is 4.79 Å². The van der Waals surface area contributed by atoms with Gasteiger partial charge in [-0.1, -0.05) is 17.9 Å². The second-order valence-electron chi connectivity index (χ2n) is 3.53. The molecule has 4 nitrogen and oxygen atoms in total. The monoisotopic (exact) mass is 226 g/mol. The lowest BCUT2D eigenvalue weighted by atomic mass is 10.1. The number of hydrogen-bond acceptors (Lipinski definition) is 2. The highest BCUT2D eigenvalue weighted by atomic mass is 16.1. The Kier molecular flexibility index (Phi) is 2.93. The van der Waals surface area contributed by atoms with Gasteiger partial charge in [-0.05, 0) is 12.1 Å². The molecule has 0 aliphatic heterocycles. The molecule has 0 unspecified atom stereocenters. The number of nitrogens with one attached hydrogen (secondary N) is 1. The quantitative estimate of drug-likeness (QED) is 0.596. The lowest BCUT2D eigenvalue weighted by Crippen LogP contribution is -2.08. The van der Waals surface area contributed by atoms with Crippen LogP contribution < -0.4 is 5.73 Å². The number of amides is 1. The summed E-state index contributed by atoms with van der Waals surface area (Å²) in [6.07, 6.45) is 2.42. The van der Waals surface area contributed by atoms with E-state index in [0.717, 1.165) is 17.2 Å². The van der Waals surface area contributed by atoms with Crippen LogP contribution in [0.2, 0.25) is 0 Å². The highest BCUT2D eigenvalue weighted by Crippen LogP contribution is 2.20. The molecule has 0 aliphatic carbocycles. The largest absolute Gasteiger partial charge is 0.369 e. The molecule has 1 heterocycles. The van der Waals surface area contributed by atoms with E-state index in [4.69, 9.17) is 5.73 Å². The second kappa shape index (κ2) is 4.54. The molecule has 2 aromatic rings. The molecule has 0 atom stereocenters. The van der Waals surface area contributed by atoms with Crippen LogP contribution in [0.5, 0.6) is 0 Å². The predicted molar refractivity (Wildman–Crippen MR) is 64.4 cm³/mol. The van der Waals surface area contributed by atoms with Crippen molar-refractivity contribution in [2.45, 2.75) is 6.42 Å². The molecule has 1 aromatic heterocycles. The molecule has 0 saturated heterocycles. The van der Waals surface area contributed by atoms with E-state index in [9.17, 15) is 9.59 Å². The summed E-state index contributed by atoms with van der Waals surface area (Å²) in [4.78, 5) is 24.4. The van der Waals surface area contributed by atoms with Gasteiger partial charge in [0.15, 0.2) is 6.29 Å². The second-order valence-corrected chi connectivity index (χ2v) is 3.53. The molecule has 0 spiro atoms. The number of aldehydes is 1. The Balaban J connectivity index is 2.51. The number of nitrogens with two attached hydrogens (primary N) is 1. The van der Waals surface area contributed by atoms with Gasteiger partial charge >= 0.3 is 0 Å². The van der Waals surface area contributed by atoms with Crippen molar-refractivity contribution in [2.75, 3.05) is 0 Å². The summed E-state index contributed by atoms with van der Waals surface area (Å²) >= 11 is 0. The van der Waals surface area contributed by atoms with Crippen LogP contribution in [0.15, 0.2) is 24.4 Å². The fraction of sp³-hybridized carbons (Fsp3) is 0.0769. The summed E-state index contributed by atoms with van der Waals surface area (Å²) < 4.78 is 0. The van der Waals surface area contributed by atoms with E-state index in [0.29, 0.717) is 11.1 Å².